The molecule has 1 unspecified atom stereocenters. The molecule has 0 aromatic heterocycles. The molecular formula is C13H18F3N. The number of nitrogens with two attached hydrogens (primary N) is 1. The fourth-order valence-corrected chi connectivity index (χ4v) is 1.68. The Morgan fingerprint density at radius 1 is 1.06 bits per heavy atom. The summed E-state index contributed by atoms with van der Waals surface area (Å²) in [6, 6.07) is 3.04. The van der Waals surface area contributed by atoms with Gasteiger partial charge in [-0.25, -0.2) is 13.2 Å². The number of alkyl halides is 1. The van der Waals surface area contributed by atoms with E-state index < -0.39 is 22.7 Å². The van der Waals surface area contributed by atoms with Gasteiger partial charge in [0.2, 0.25) is 0 Å². The molecule has 0 amide bonds. The van der Waals surface area contributed by atoms with Crippen molar-refractivity contribution in [1.29, 1.82) is 0 Å². The topological polar surface area (TPSA) is 26.0 Å². The number of hydrogen-bond acceptors (Lipinski definition) is 1. The molecule has 0 aliphatic carbocycles. The zero-order valence-corrected chi connectivity index (χ0v) is 10.4. The Labute approximate surface area is 99.8 Å². The molecule has 4 heteroatoms. The second kappa shape index (κ2) is 4.69. The standard InChI is InChI=1S/C13H18F3N/c1-12(2,3)13(16,8-17)7-9-4-10(14)6-11(15)5-9/h4-6H,7-8,17H2,1-3H3. The molecule has 1 rings (SSSR count). The first kappa shape index (κ1) is 14.0. The van der Waals surface area contributed by atoms with Gasteiger partial charge >= 0.3 is 0 Å². The maximum atomic E-state index is 14.6. The Kier molecular flexibility index (Phi) is 3.87. The van der Waals surface area contributed by atoms with Crippen LogP contribution in [0.25, 0.3) is 0 Å². The normalized spacial score (nSPS) is 15.7. The third-order valence-electron chi connectivity index (χ3n) is 3.07. The highest BCUT2D eigenvalue weighted by atomic mass is 19.1. The van der Waals surface area contributed by atoms with Crippen molar-refractivity contribution in [3.63, 3.8) is 0 Å². The number of benzene rings is 1. The summed E-state index contributed by atoms with van der Waals surface area (Å²) in [5, 5.41) is 0. The van der Waals surface area contributed by atoms with E-state index in [0.29, 0.717) is 0 Å². The van der Waals surface area contributed by atoms with Gasteiger partial charge in [-0.15, -0.1) is 0 Å². The molecular weight excluding hydrogens is 227 g/mol. The van der Waals surface area contributed by atoms with Gasteiger partial charge in [-0.2, -0.15) is 0 Å². The van der Waals surface area contributed by atoms with Gasteiger partial charge in [-0.3, -0.25) is 0 Å². The molecule has 0 spiro atoms. The van der Waals surface area contributed by atoms with Crippen molar-refractivity contribution < 1.29 is 13.2 Å². The summed E-state index contributed by atoms with van der Waals surface area (Å²) in [5.41, 5.74) is 3.36. The molecule has 1 nitrogen and oxygen atoms in total. The zero-order valence-electron chi connectivity index (χ0n) is 10.4. The predicted molar refractivity (Wildman–Crippen MR) is 62.4 cm³/mol. The van der Waals surface area contributed by atoms with Gasteiger partial charge in [0.25, 0.3) is 0 Å². The summed E-state index contributed by atoms with van der Waals surface area (Å²) < 4.78 is 40.6. The van der Waals surface area contributed by atoms with Crippen molar-refractivity contribution in [2.45, 2.75) is 32.9 Å². The van der Waals surface area contributed by atoms with Crippen LogP contribution in [0.1, 0.15) is 26.3 Å². The van der Waals surface area contributed by atoms with Crippen LogP contribution in [-0.4, -0.2) is 12.2 Å². The van der Waals surface area contributed by atoms with Crippen LogP contribution in [-0.2, 0) is 6.42 Å². The lowest BCUT2D eigenvalue weighted by molar-refractivity contribution is 0.0381. The minimum absolute atomic E-state index is 0.0956. The molecule has 0 saturated heterocycles. The van der Waals surface area contributed by atoms with Crippen molar-refractivity contribution >= 4 is 0 Å². The fourth-order valence-electron chi connectivity index (χ4n) is 1.68. The molecule has 0 aliphatic rings. The summed E-state index contributed by atoms with van der Waals surface area (Å²) >= 11 is 0. The van der Waals surface area contributed by atoms with Crippen LogP contribution in [0, 0.1) is 17.0 Å². The monoisotopic (exact) mass is 245 g/mol. The minimum atomic E-state index is -1.69. The fraction of sp³-hybridized carbons (Fsp3) is 0.538. The molecule has 0 radical (unpaired) electrons. The highest BCUT2D eigenvalue weighted by Gasteiger charge is 2.41. The van der Waals surface area contributed by atoms with Crippen molar-refractivity contribution in [1.82, 2.24) is 0 Å². The van der Waals surface area contributed by atoms with Crippen LogP contribution in [0.15, 0.2) is 18.2 Å². The van der Waals surface area contributed by atoms with Crippen LogP contribution >= 0.6 is 0 Å². The molecule has 1 atom stereocenters. The molecule has 0 saturated carbocycles. The molecule has 1 aromatic carbocycles. The van der Waals surface area contributed by atoms with E-state index in [1.165, 1.54) is 0 Å². The second-order valence-electron chi connectivity index (χ2n) is 5.37. The average molecular weight is 245 g/mol. The van der Waals surface area contributed by atoms with Gasteiger partial charge in [-0.05, 0) is 23.1 Å². The Hall–Kier alpha value is -1.03. The van der Waals surface area contributed by atoms with E-state index in [1.807, 2.05) is 0 Å². The van der Waals surface area contributed by atoms with Gasteiger partial charge < -0.3 is 5.73 Å². The zero-order chi connectivity index (χ0) is 13.3. The predicted octanol–water partition coefficient (Wildman–Crippen LogP) is 3.22. The Morgan fingerprint density at radius 3 is 1.88 bits per heavy atom. The van der Waals surface area contributed by atoms with Gasteiger partial charge in [-0.1, -0.05) is 20.8 Å². The lowest BCUT2D eigenvalue weighted by Crippen LogP contribution is -2.47. The molecule has 0 aliphatic heterocycles. The van der Waals surface area contributed by atoms with Gasteiger partial charge in [0, 0.05) is 19.0 Å². The Morgan fingerprint density at radius 2 is 1.53 bits per heavy atom. The average Bonchev–Trinajstić information content (AvgIpc) is 2.13. The Bertz CT molecular complexity index is 378. The van der Waals surface area contributed by atoms with Crippen molar-refractivity contribution in [2.75, 3.05) is 6.54 Å². The third kappa shape index (κ3) is 3.22. The summed E-state index contributed by atoms with van der Waals surface area (Å²) in [6.07, 6.45) is -0.0956. The maximum Gasteiger partial charge on any atom is 0.132 e. The van der Waals surface area contributed by atoms with E-state index in [-0.39, 0.29) is 18.5 Å². The lowest BCUT2D eigenvalue weighted by atomic mass is 9.74. The van der Waals surface area contributed by atoms with E-state index in [9.17, 15) is 13.2 Å². The van der Waals surface area contributed by atoms with E-state index in [2.05, 4.69) is 0 Å². The van der Waals surface area contributed by atoms with Crippen molar-refractivity contribution in [3.8, 4) is 0 Å². The molecule has 0 heterocycles. The summed E-state index contributed by atoms with van der Waals surface area (Å²) in [6.45, 7) is 4.97. The number of halogens is 3. The quantitative estimate of drug-likeness (QED) is 0.869. The molecule has 2 N–H and O–H groups in total. The van der Waals surface area contributed by atoms with E-state index in [0.717, 1.165) is 18.2 Å². The van der Waals surface area contributed by atoms with Crippen LogP contribution < -0.4 is 5.73 Å². The maximum absolute atomic E-state index is 14.6. The highest BCUT2D eigenvalue weighted by molar-refractivity contribution is 5.21. The molecule has 0 bridgehead atoms. The van der Waals surface area contributed by atoms with Crippen LogP contribution in [0.3, 0.4) is 0 Å². The summed E-state index contributed by atoms with van der Waals surface area (Å²) in [4.78, 5) is 0. The first-order valence-electron chi connectivity index (χ1n) is 5.52. The largest absolute Gasteiger partial charge is 0.327 e. The van der Waals surface area contributed by atoms with E-state index >= 15 is 0 Å². The smallest absolute Gasteiger partial charge is 0.132 e. The van der Waals surface area contributed by atoms with Crippen LogP contribution in [0.5, 0.6) is 0 Å². The van der Waals surface area contributed by atoms with E-state index in [1.54, 1.807) is 20.8 Å². The second-order valence-corrected chi connectivity index (χ2v) is 5.37. The van der Waals surface area contributed by atoms with Crippen molar-refractivity contribution in [3.05, 3.63) is 35.4 Å². The SMILES string of the molecule is CC(C)(C)C(F)(CN)Cc1cc(F)cc(F)c1. The van der Waals surface area contributed by atoms with Gasteiger partial charge in [0.15, 0.2) is 0 Å². The highest BCUT2D eigenvalue weighted by Crippen LogP contribution is 2.36. The molecule has 0 fully saturated rings. The summed E-state index contributed by atoms with van der Waals surface area (Å²) in [5.74, 6) is -1.40. The van der Waals surface area contributed by atoms with Crippen LogP contribution in [0.2, 0.25) is 0 Å². The Balaban J connectivity index is 3.03. The third-order valence-corrected chi connectivity index (χ3v) is 3.07. The van der Waals surface area contributed by atoms with Gasteiger partial charge in [0.1, 0.15) is 17.3 Å². The first-order chi connectivity index (χ1) is 7.68. The van der Waals surface area contributed by atoms with E-state index in [4.69, 9.17) is 5.73 Å². The number of rotatable bonds is 3. The minimum Gasteiger partial charge on any atom is -0.327 e. The number of hydrogen-bond donors (Lipinski definition) is 1. The first-order valence-corrected chi connectivity index (χ1v) is 5.52. The lowest BCUT2D eigenvalue weighted by Gasteiger charge is -2.37. The van der Waals surface area contributed by atoms with Crippen molar-refractivity contribution in [2.24, 2.45) is 11.1 Å². The summed E-state index contributed by atoms with van der Waals surface area (Å²) in [7, 11) is 0. The molecule has 17 heavy (non-hydrogen) atoms. The molecule has 96 valence electrons. The van der Waals surface area contributed by atoms with Gasteiger partial charge in [0.05, 0.1) is 0 Å². The molecule has 1 aromatic rings. The van der Waals surface area contributed by atoms with Crippen LogP contribution in [0.4, 0.5) is 13.2 Å².